The lowest BCUT2D eigenvalue weighted by Gasteiger charge is -2.18. The van der Waals surface area contributed by atoms with Gasteiger partial charge in [0, 0.05) is 29.2 Å². The molecule has 0 aliphatic rings. The molecule has 2 aromatic rings. The van der Waals surface area contributed by atoms with Crippen molar-refractivity contribution in [2.45, 2.75) is 39.3 Å². The maximum atomic E-state index is 4.63. The molecule has 0 spiro atoms. The van der Waals surface area contributed by atoms with Gasteiger partial charge in [0.15, 0.2) is 0 Å². The highest BCUT2D eigenvalue weighted by Gasteiger charge is 2.16. The van der Waals surface area contributed by atoms with Crippen LogP contribution in [0.3, 0.4) is 0 Å². The molecule has 1 atom stereocenters. The Morgan fingerprint density at radius 2 is 2.05 bits per heavy atom. The van der Waals surface area contributed by atoms with Crippen LogP contribution >= 0.6 is 15.9 Å². The van der Waals surface area contributed by atoms with Crippen molar-refractivity contribution in [2.24, 2.45) is 0 Å². The molecule has 108 valence electrons. The average molecular weight is 336 g/mol. The van der Waals surface area contributed by atoms with E-state index in [1.807, 2.05) is 13.1 Å². The minimum absolute atomic E-state index is 0.289. The van der Waals surface area contributed by atoms with Crippen molar-refractivity contribution in [1.82, 2.24) is 15.1 Å². The van der Waals surface area contributed by atoms with E-state index in [-0.39, 0.29) is 6.04 Å². The summed E-state index contributed by atoms with van der Waals surface area (Å²) in [4.78, 5) is 0. The molecule has 0 bridgehead atoms. The van der Waals surface area contributed by atoms with Gasteiger partial charge in [0.25, 0.3) is 0 Å². The molecule has 20 heavy (non-hydrogen) atoms. The van der Waals surface area contributed by atoms with Gasteiger partial charge in [-0.2, -0.15) is 5.10 Å². The number of likely N-dealkylation sites (N-methyl/N-ethyl adjacent to an activating group) is 1. The lowest BCUT2D eigenvalue weighted by molar-refractivity contribution is 0.539. The Balaban J connectivity index is 2.26. The number of rotatable bonds is 6. The van der Waals surface area contributed by atoms with Crippen LogP contribution < -0.4 is 5.32 Å². The van der Waals surface area contributed by atoms with Crippen molar-refractivity contribution >= 4 is 15.9 Å². The van der Waals surface area contributed by atoms with Gasteiger partial charge in [0.1, 0.15) is 0 Å². The lowest BCUT2D eigenvalue weighted by Crippen LogP contribution is -2.21. The topological polar surface area (TPSA) is 29.9 Å². The summed E-state index contributed by atoms with van der Waals surface area (Å²) in [6, 6.07) is 10.9. The second-order valence-corrected chi connectivity index (χ2v) is 5.72. The van der Waals surface area contributed by atoms with Crippen LogP contribution in [-0.4, -0.2) is 16.8 Å². The van der Waals surface area contributed by atoms with E-state index in [1.165, 1.54) is 17.0 Å². The quantitative estimate of drug-likeness (QED) is 0.871. The van der Waals surface area contributed by atoms with Gasteiger partial charge in [-0.05, 0) is 38.1 Å². The summed E-state index contributed by atoms with van der Waals surface area (Å²) >= 11 is 3.64. The number of nitrogens with one attached hydrogen (secondary N) is 1. The van der Waals surface area contributed by atoms with Gasteiger partial charge in [0.05, 0.1) is 5.69 Å². The molecule has 0 fully saturated rings. The van der Waals surface area contributed by atoms with Crippen LogP contribution in [0.5, 0.6) is 0 Å². The standard InChI is InChI=1S/C16H22BrN3/c1-4-12-10-13(20(5-2)19-12)11-16(18-3)14-8-6-7-9-15(14)17/h6-10,16,18H,4-5,11H2,1-3H3. The first kappa shape index (κ1) is 15.3. The van der Waals surface area contributed by atoms with Crippen LogP contribution in [0, 0.1) is 0 Å². The SMILES string of the molecule is CCc1cc(CC(NC)c2ccccc2Br)n(CC)n1. The number of hydrogen-bond donors (Lipinski definition) is 1. The molecule has 3 nitrogen and oxygen atoms in total. The predicted octanol–water partition coefficient (Wildman–Crippen LogP) is 3.73. The van der Waals surface area contributed by atoms with Gasteiger partial charge < -0.3 is 5.32 Å². The smallest absolute Gasteiger partial charge is 0.0624 e. The van der Waals surface area contributed by atoms with Crippen molar-refractivity contribution in [3.8, 4) is 0 Å². The molecule has 1 N–H and O–H groups in total. The van der Waals surface area contributed by atoms with Crippen LogP contribution in [0.1, 0.15) is 36.8 Å². The fourth-order valence-electron chi connectivity index (χ4n) is 2.46. The summed E-state index contributed by atoms with van der Waals surface area (Å²) in [6.07, 6.45) is 1.93. The fourth-order valence-corrected chi connectivity index (χ4v) is 3.02. The number of benzene rings is 1. The van der Waals surface area contributed by atoms with Crippen LogP contribution in [0.2, 0.25) is 0 Å². The van der Waals surface area contributed by atoms with Crippen LogP contribution in [0.4, 0.5) is 0 Å². The molecule has 1 aromatic heterocycles. The third kappa shape index (κ3) is 3.30. The summed E-state index contributed by atoms with van der Waals surface area (Å²) in [6.45, 7) is 5.21. The van der Waals surface area contributed by atoms with E-state index in [2.05, 4.69) is 69.1 Å². The van der Waals surface area contributed by atoms with Crippen molar-refractivity contribution in [1.29, 1.82) is 0 Å². The lowest BCUT2D eigenvalue weighted by atomic mass is 10.0. The van der Waals surface area contributed by atoms with Crippen molar-refractivity contribution in [3.63, 3.8) is 0 Å². The van der Waals surface area contributed by atoms with Crippen LogP contribution in [0.15, 0.2) is 34.8 Å². The summed E-state index contributed by atoms with van der Waals surface area (Å²) in [5, 5.41) is 8.04. The predicted molar refractivity (Wildman–Crippen MR) is 86.9 cm³/mol. The molecule has 0 aliphatic carbocycles. The molecule has 0 aliphatic heterocycles. The van der Waals surface area contributed by atoms with Crippen molar-refractivity contribution in [3.05, 3.63) is 51.8 Å². The molecule has 2 rings (SSSR count). The molecule has 1 heterocycles. The number of aryl methyl sites for hydroxylation is 2. The second-order valence-electron chi connectivity index (χ2n) is 4.86. The Kier molecular flexibility index (Phi) is 5.38. The Morgan fingerprint density at radius 3 is 2.65 bits per heavy atom. The highest BCUT2D eigenvalue weighted by Crippen LogP contribution is 2.26. The minimum Gasteiger partial charge on any atom is -0.313 e. The van der Waals surface area contributed by atoms with Gasteiger partial charge in [-0.3, -0.25) is 4.68 Å². The Morgan fingerprint density at radius 1 is 1.30 bits per heavy atom. The largest absolute Gasteiger partial charge is 0.313 e. The van der Waals surface area contributed by atoms with Crippen molar-refractivity contribution in [2.75, 3.05) is 7.05 Å². The van der Waals surface area contributed by atoms with Gasteiger partial charge in [-0.25, -0.2) is 0 Å². The highest BCUT2D eigenvalue weighted by molar-refractivity contribution is 9.10. The molecule has 1 aromatic carbocycles. The number of nitrogens with zero attached hydrogens (tertiary/aromatic N) is 2. The molecule has 0 saturated heterocycles. The fraction of sp³-hybridized carbons (Fsp3) is 0.438. The number of aromatic nitrogens is 2. The zero-order valence-corrected chi connectivity index (χ0v) is 13.9. The van der Waals surface area contributed by atoms with Gasteiger partial charge in [0.2, 0.25) is 0 Å². The average Bonchev–Trinajstić information content (AvgIpc) is 2.88. The molecular formula is C16H22BrN3. The van der Waals surface area contributed by atoms with E-state index in [1.54, 1.807) is 0 Å². The summed E-state index contributed by atoms with van der Waals surface area (Å²) in [5.74, 6) is 0. The van der Waals surface area contributed by atoms with Gasteiger partial charge in [-0.15, -0.1) is 0 Å². The van der Waals surface area contributed by atoms with Crippen LogP contribution in [-0.2, 0) is 19.4 Å². The zero-order chi connectivity index (χ0) is 14.5. The Hall–Kier alpha value is -1.13. The number of hydrogen-bond acceptors (Lipinski definition) is 2. The summed E-state index contributed by atoms with van der Waals surface area (Å²) in [5.41, 5.74) is 3.75. The monoisotopic (exact) mass is 335 g/mol. The van der Waals surface area contributed by atoms with E-state index >= 15 is 0 Å². The van der Waals surface area contributed by atoms with Gasteiger partial charge >= 0.3 is 0 Å². The molecule has 0 saturated carbocycles. The summed E-state index contributed by atoms with van der Waals surface area (Å²) < 4.78 is 3.26. The van der Waals surface area contributed by atoms with E-state index < -0.39 is 0 Å². The minimum atomic E-state index is 0.289. The molecule has 0 amide bonds. The molecule has 4 heteroatoms. The van der Waals surface area contributed by atoms with E-state index in [4.69, 9.17) is 0 Å². The normalized spacial score (nSPS) is 12.6. The van der Waals surface area contributed by atoms with Crippen LogP contribution in [0.25, 0.3) is 0 Å². The van der Waals surface area contributed by atoms with E-state index in [0.29, 0.717) is 0 Å². The highest BCUT2D eigenvalue weighted by atomic mass is 79.9. The van der Waals surface area contributed by atoms with E-state index in [0.717, 1.165) is 23.9 Å². The maximum Gasteiger partial charge on any atom is 0.0624 e. The first-order valence-electron chi connectivity index (χ1n) is 7.16. The Bertz CT molecular complexity index is 563. The van der Waals surface area contributed by atoms with E-state index in [9.17, 15) is 0 Å². The van der Waals surface area contributed by atoms with Crippen molar-refractivity contribution < 1.29 is 0 Å². The second kappa shape index (κ2) is 7.04. The third-order valence-electron chi connectivity index (χ3n) is 3.62. The first-order chi connectivity index (χ1) is 9.69. The Labute approximate surface area is 129 Å². The molecular weight excluding hydrogens is 314 g/mol. The van der Waals surface area contributed by atoms with Gasteiger partial charge in [-0.1, -0.05) is 41.1 Å². The maximum absolute atomic E-state index is 4.63. The summed E-state index contributed by atoms with van der Waals surface area (Å²) in [7, 11) is 2.01. The molecule has 1 unspecified atom stereocenters. The molecule has 0 radical (unpaired) electrons. The first-order valence-corrected chi connectivity index (χ1v) is 7.96. The zero-order valence-electron chi connectivity index (χ0n) is 12.4. The number of halogens is 1. The third-order valence-corrected chi connectivity index (χ3v) is 4.34.